The number of benzene rings is 1. The van der Waals surface area contributed by atoms with Gasteiger partial charge in [-0.2, -0.15) is 9.78 Å². The van der Waals surface area contributed by atoms with Gasteiger partial charge >= 0.3 is 0 Å². The Hall–Kier alpha value is -2.24. The topological polar surface area (TPSA) is 78.0 Å². The molecule has 2 aromatic rings. The van der Waals surface area contributed by atoms with Crippen molar-refractivity contribution in [1.29, 1.82) is 0 Å². The Kier molecular flexibility index (Phi) is 1.96. The van der Waals surface area contributed by atoms with Crippen LogP contribution in [-0.2, 0) is 0 Å². The quantitative estimate of drug-likeness (QED) is 0.523. The Labute approximate surface area is 84.3 Å². The number of fused-ring (bicyclic) bond motifs is 1. The minimum absolute atomic E-state index is 0.111. The minimum Gasteiger partial charge on any atom is -0.273 e. The van der Waals surface area contributed by atoms with Crippen LogP contribution in [0, 0.1) is 10.1 Å². The molecule has 0 radical (unpaired) electrons. The smallest absolute Gasteiger partial charge is 0.273 e. The lowest BCUT2D eigenvalue weighted by Gasteiger charge is -1.97. The molecule has 0 unspecified atom stereocenters. The number of nitro benzene ring substituents is 1. The van der Waals surface area contributed by atoms with Crippen molar-refractivity contribution in [2.45, 2.75) is 6.92 Å². The standard InChI is InChI=1S/C9H7N3O3/c1-6(13)11-9-7(5-10-11)3-2-4-8(9)12(14)15/h2-5H,1H3. The van der Waals surface area contributed by atoms with Gasteiger partial charge in [0.25, 0.3) is 5.69 Å². The third-order valence-electron chi connectivity index (χ3n) is 2.06. The highest BCUT2D eigenvalue weighted by atomic mass is 16.6. The molecule has 0 aliphatic rings. The first-order chi connectivity index (χ1) is 7.11. The molecule has 0 fully saturated rings. The fourth-order valence-corrected chi connectivity index (χ4v) is 1.45. The predicted molar refractivity (Wildman–Crippen MR) is 52.7 cm³/mol. The lowest BCUT2D eigenvalue weighted by atomic mass is 10.2. The Morgan fingerprint density at radius 3 is 2.87 bits per heavy atom. The van der Waals surface area contributed by atoms with E-state index in [4.69, 9.17) is 0 Å². The molecule has 0 aliphatic carbocycles. The van der Waals surface area contributed by atoms with Gasteiger partial charge in [-0.3, -0.25) is 14.9 Å². The summed E-state index contributed by atoms with van der Waals surface area (Å²) in [5.41, 5.74) is 0.134. The van der Waals surface area contributed by atoms with Crippen molar-refractivity contribution in [1.82, 2.24) is 9.78 Å². The number of non-ortho nitro benzene ring substituents is 1. The number of carbonyl (C=O) groups excluding carboxylic acids is 1. The maximum atomic E-state index is 11.2. The SMILES string of the molecule is CC(=O)n1ncc2cccc([N+](=O)[O-])c21. The van der Waals surface area contributed by atoms with Gasteiger partial charge in [0.1, 0.15) is 0 Å². The van der Waals surface area contributed by atoms with Crippen LogP contribution in [0.2, 0.25) is 0 Å². The molecule has 0 saturated heterocycles. The maximum absolute atomic E-state index is 11.2. The summed E-state index contributed by atoms with van der Waals surface area (Å²) in [6.07, 6.45) is 1.43. The molecule has 0 atom stereocenters. The van der Waals surface area contributed by atoms with Gasteiger partial charge in [-0.1, -0.05) is 12.1 Å². The molecule has 6 nitrogen and oxygen atoms in total. The molecule has 0 saturated carbocycles. The number of nitro groups is 1. The Morgan fingerprint density at radius 1 is 1.53 bits per heavy atom. The van der Waals surface area contributed by atoms with Crippen molar-refractivity contribution in [2.24, 2.45) is 0 Å². The van der Waals surface area contributed by atoms with Crippen LogP contribution in [0.15, 0.2) is 24.4 Å². The summed E-state index contributed by atoms with van der Waals surface area (Å²) in [7, 11) is 0. The van der Waals surface area contributed by atoms with Gasteiger partial charge in [0, 0.05) is 18.4 Å². The fraction of sp³-hybridized carbons (Fsp3) is 0.111. The van der Waals surface area contributed by atoms with E-state index in [1.54, 1.807) is 12.1 Å². The molecule has 15 heavy (non-hydrogen) atoms. The van der Waals surface area contributed by atoms with Gasteiger partial charge in [-0.15, -0.1) is 0 Å². The number of rotatable bonds is 1. The van der Waals surface area contributed by atoms with Gasteiger partial charge in [-0.05, 0) is 0 Å². The number of nitrogens with zero attached hydrogens (tertiary/aromatic N) is 3. The highest BCUT2D eigenvalue weighted by molar-refractivity contribution is 5.94. The summed E-state index contributed by atoms with van der Waals surface area (Å²) in [4.78, 5) is 21.4. The minimum atomic E-state index is -0.524. The van der Waals surface area contributed by atoms with E-state index in [9.17, 15) is 14.9 Å². The summed E-state index contributed by atoms with van der Waals surface area (Å²) in [5, 5.41) is 15.1. The number of para-hydroxylation sites is 1. The number of aromatic nitrogens is 2. The van der Waals surface area contributed by atoms with Crippen molar-refractivity contribution < 1.29 is 9.72 Å². The predicted octanol–water partition coefficient (Wildman–Crippen LogP) is 1.60. The first kappa shape index (κ1) is 9.32. The second kappa shape index (κ2) is 3.16. The van der Waals surface area contributed by atoms with Gasteiger partial charge in [-0.25, -0.2) is 0 Å². The van der Waals surface area contributed by atoms with Crippen molar-refractivity contribution in [3.63, 3.8) is 0 Å². The van der Waals surface area contributed by atoms with Crippen LogP contribution in [0.3, 0.4) is 0 Å². The zero-order valence-corrected chi connectivity index (χ0v) is 7.88. The van der Waals surface area contributed by atoms with Crippen LogP contribution in [0.1, 0.15) is 11.7 Å². The van der Waals surface area contributed by atoms with Crippen LogP contribution < -0.4 is 0 Å². The van der Waals surface area contributed by atoms with E-state index < -0.39 is 4.92 Å². The number of hydrogen-bond donors (Lipinski definition) is 0. The van der Waals surface area contributed by atoms with E-state index in [-0.39, 0.29) is 17.1 Å². The molecule has 0 amide bonds. The van der Waals surface area contributed by atoms with Gasteiger partial charge in [0.2, 0.25) is 5.91 Å². The molecule has 0 bridgehead atoms. The molecule has 0 spiro atoms. The highest BCUT2D eigenvalue weighted by Crippen LogP contribution is 2.24. The Bertz CT molecular complexity index is 559. The summed E-state index contributed by atoms with van der Waals surface area (Å²) in [6, 6.07) is 4.59. The Balaban J connectivity index is 2.86. The molecular formula is C9H7N3O3. The van der Waals surface area contributed by atoms with E-state index in [1.165, 1.54) is 19.2 Å². The third-order valence-corrected chi connectivity index (χ3v) is 2.06. The number of carbonyl (C=O) groups is 1. The molecule has 1 aromatic carbocycles. The Morgan fingerprint density at radius 2 is 2.27 bits per heavy atom. The zero-order chi connectivity index (χ0) is 11.0. The first-order valence-corrected chi connectivity index (χ1v) is 4.23. The number of hydrogen-bond acceptors (Lipinski definition) is 4. The normalized spacial score (nSPS) is 10.5. The molecule has 2 rings (SSSR count). The summed E-state index contributed by atoms with van der Waals surface area (Å²) in [5.74, 6) is -0.348. The lowest BCUT2D eigenvalue weighted by Crippen LogP contribution is -2.08. The van der Waals surface area contributed by atoms with E-state index in [0.29, 0.717) is 5.39 Å². The summed E-state index contributed by atoms with van der Waals surface area (Å²) in [6.45, 7) is 1.31. The van der Waals surface area contributed by atoms with Crippen molar-refractivity contribution >= 4 is 22.5 Å². The highest BCUT2D eigenvalue weighted by Gasteiger charge is 2.17. The van der Waals surface area contributed by atoms with E-state index >= 15 is 0 Å². The van der Waals surface area contributed by atoms with E-state index in [1.807, 2.05) is 0 Å². The van der Waals surface area contributed by atoms with Crippen molar-refractivity contribution in [3.8, 4) is 0 Å². The monoisotopic (exact) mass is 205 g/mol. The average Bonchev–Trinajstić information content (AvgIpc) is 2.60. The van der Waals surface area contributed by atoms with Crippen LogP contribution >= 0.6 is 0 Å². The first-order valence-electron chi connectivity index (χ1n) is 4.23. The molecule has 6 heteroatoms. The molecule has 1 heterocycles. The largest absolute Gasteiger partial charge is 0.295 e. The molecule has 1 aromatic heterocycles. The van der Waals surface area contributed by atoms with Crippen LogP contribution in [-0.4, -0.2) is 20.6 Å². The molecule has 76 valence electrons. The second-order valence-electron chi connectivity index (χ2n) is 3.05. The zero-order valence-electron chi connectivity index (χ0n) is 7.88. The van der Waals surface area contributed by atoms with Crippen molar-refractivity contribution in [3.05, 3.63) is 34.5 Å². The van der Waals surface area contributed by atoms with Crippen molar-refractivity contribution in [2.75, 3.05) is 0 Å². The van der Waals surface area contributed by atoms with E-state index in [2.05, 4.69) is 5.10 Å². The molecular weight excluding hydrogens is 198 g/mol. The summed E-state index contributed by atoms with van der Waals surface area (Å²) < 4.78 is 1.04. The third kappa shape index (κ3) is 1.35. The maximum Gasteiger partial charge on any atom is 0.295 e. The lowest BCUT2D eigenvalue weighted by molar-refractivity contribution is -0.383. The van der Waals surface area contributed by atoms with Crippen LogP contribution in [0.4, 0.5) is 5.69 Å². The fourth-order valence-electron chi connectivity index (χ4n) is 1.45. The van der Waals surface area contributed by atoms with E-state index in [0.717, 1.165) is 4.68 Å². The molecule has 0 N–H and O–H groups in total. The van der Waals surface area contributed by atoms with Crippen LogP contribution in [0.5, 0.6) is 0 Å². The van der Waals surface area contributed by atoms with Gasteiger partial charge < -0.3 is 0 Å². The molecule has 0 aliphatic heterocycles. The average molecular weight is 205 g/mol. The van der Waals surface area contributed by atoms with Gasteiger partial charge in [0.05, 0.1) is 11.1 Å². The summed E-state index contributed by atoms with van der Waals surface area (Å²) >= 11 is 0. The van der Waals surface area contributed by atoms with Gasteiger partial charge in [0.15, 0.2) is 5.52 Å². The van der Waals surface area contributed by atoms with Crippen LogP contribution in [0.25, 0.3) is 10.9 Å². The second-order valence-corrected chi connectivity index (χ2v) is 3.05.